The molecule has 0 nitrogen and oxygen atoms in total. The minimum Gasteiger partial charge on any atom is -0.0622 e. The lowest BCUT2D eigenvalue weighted by molar-refractivity contribution is 1.64. The van der Waals surface area contributed by atoms with Crippen LogP contribution in [-0.2, 0) is 0 Å². The van der Waals surface area contributed by atoms with E-state index in [-0.39, 0.29) is 0 Å². The zero-order valence-corrected chi connectivity index (χ0v) is 25.3. The second-order valence-electron chi connectivity index (χ2n) is 12.1. The molecule has 0 heterocycles. The summed E-state index contributed by atoms with van der Waals surface area (Å²) in [7, 11) is 0. The molecule has 0 aromatic heterocycles. The summed E-state index contributed by atoms with van der Waals surface area (Å²) >= 11 is 0. The Balaban J connectivity index is 1.34. The molecule has 9 rings (SSSR count). The van der Waals surface area contributed by atoms with Crippen molar-refractivity contribution in [3.05, 3.63) is 182 Å². The first kappa shape index (κ1) is 26.4. The molecule has 0 aliphatic carbocycles. The third-order valence-electron chi connectivity index (χ3n) is 9.45. The zero-order chi connectivity index (χ0) is 30.5. The molecule has 0 unspecified atom stereocenters. The lowest BCUT2D eigenvalue weighted by Gasteiger charge is -2.19. The highest BCUT2D eigenvalue weighted by Crippen LogP contribution is 2.46. The van der Waals surface area contributed by atoms with Gasteiger partial charge in [-0.1, -0.05) is 170 Å². The second kappa shape index (κ2) is 10.9. The Bertz CT molecular complexity index is 2500. The van der Waals surface area contributed by atoms with E-state index in [9.17, 15) is 0 Å². The summed E-state index contributed by atoms with van der Waals surface area (Å²) in [5.41, 5.74) is 10.0. The molecule has 9 aromatic rings. The van der Waals surface area contributed by atoms with E-state index in [2.05, 4.69) is 182 Å². The van der Waals surface area contributed by atoms with Gasteiger partial charge in [-0.15, -0.1) is 0 Å². The molecule has 0 aliphatic rings. The van der Waals surface area contributed by atoms with Crippen LogP contribution in [-0.4, -0.2) is 0 Å². The predicted molar refractivity (Wildman–Crippen MR) is 198 cm³/mol. The maximum atomic E-state index is 2.40. The van der Waals surface area contributed by atoms with Gasteiger partial charge in [0.25, 0.3) is 0 Å². The topological polar surface area (TPSA) is 0 Å². The maximum absolute atomic E-state index is 2.40. The van der Waals surface area contributed by atoms with E-state index in [1.54, 1.807) is 0 Å². The number of hydrogen-bond donors (Lipinski definition) is 0. The molecule has 0 saturated heterocycles. The van der Waals surface area contributed by atoms with Crippen molar-refractivity contribution < 1.29 is 0 Å². The van der Waals surface area contributed by atoms with Gasteiger partial charge in [0, 0.05) is 0 Å². The Morgan fingerprint density at radius 2 is 0.674 bits per heavy atom. The average Bonchev–Trinajstić information content (AvgIpc) is 3.13. The van der Waals surface area contributed by atoms with Gasteiger partial charge in [0.15, 0.2) is 0 Å². The molecule has 0 N–H and O–H groups in total. The molecule has 0 aliphatic heterocycles. The summed E-state index contributed by atoms with van der Waals surface area (Å²) < 4.78 is 0. The van der Waals surface area contributed by atoms with Crippen molar-refractivity contribution in [2.75, 3.05) is 0 Å². The van der Waals surface area contributed by atoms with Gasteiger partial charge < -0.3 is 0 Å². The van der Waals surface area contributed by atoms with Gasteiger partial charge in [0.2, 0.25) is 0 Å². The van der Waals surface area contributed by atoms with Crippen molar-refractivity contribution in [2.24, 2.45) is 0 Å². The minimum atomic E-state index is 1.23. The van der Waals surface area contributed by atoms with Crippen LogP contribution in [0, 0.1) is 0 Å². The molecule has 0 spiro atoms. The molecular formula is C46H30. The number of hydrogen-bond acceptors (Lipinski definition) is 0. The van der Waals surface area contributed by atoms with E-state index in [0.717, 1.165) is 0 Å². The first-order chi connectivity index (χ1) is 22.8. The number of fused-ring (bicyclic) bond motifs is 4. The Morgan fingerprint density at radius 1 is 0.217 bits per heavy atom. The SMILES string of the molecule is c1ccc(-c2ccc3cccc(-c4c5ccccc5c(-c5ccc6cccc(-c7ccccc7)c6c5)c5ccccc45)c3c2)cc1. The predicted octanol–water partition coefficient (Wildman–Crippen LogP) is 13.0. The van der Waals surface area contributed by atoms with Crippen molar-refractivity contribution in [2.45, 2.75) is 0 Å². The Kier molecular flexibility index (Phi) is 6.25. The number of benzene rings is 9. The van der Waals surface area contributed by atoms with E-state index in [4.69, 9.17) is 0 Å². The van der Waals surface area contributed by atoms with E-state index >= 15 is 0 Å². The van der Waals surface area contributed by atoms with Crippen molar-refractivity contribution in [1.82, 2.24) is 0 Å². The lowest BCUT2D eigenvalue weighted by atomic mass is 9.84. The van der Waals surface area contributed by atoms with Gasteiger partial charge in [-0.25, -0.2) is 0 Å². The summed E-state index contributed by atoms with van der Waals surface area (Å²) in [6, 6.07) is 66.5. The summed E-state index contributed by atoms with van der Waals surface area (Å²) in [4.78, 5) is 0. The molecule has 0 radical (unpaired) electrons. The molecular weight excluding hydrogens is 553 g/mol. The molecule has 0 heteroatoms. The Hall–Kier alpha value is -5.98. The van der Waals surface area contributed by atoms with Crippen LogP contribution in [0.2, 0.25) is 0 Å². The summed E-state index contributed by atoms with van der Waals surface area (Å²) in [5.74, 6) is 0. The molecule has 9 aromatic carbocycles. The highest BCUT2D eigenvalue weighted by molar-refractivity contribution is 6.24. The lowest BCUT2D eigenvalue weighted by Crippen LogP contribution is -1.92. The fraction of sp³-hybridized carbons (Fsp3) is 0. The fourth-order valence-electron chi connectivity index (χ4n) is 7.33. The minimum absolute atomic E-state index is 1.23. The van der Waals surface area contributed by atoms with Crippen LogP contribution in [0.5, 0.6) is 0 Å². The molecule has 214 valence electrons. The third kappa shape index (κ3) is 4.30. The summed E-state index contributed by atoms with van der Waals surface area (Å²) in [6.07, 6.45) is 0. The van der Waals surface area contributed by atoms with Crippen molar-refractivity contribution in [3.63, 3.8) is 0 Å². The van der Waals surface area contributed by atoms with Gasteiger partial charge in [-0.2, -0.15) is 0 Å². The normalized spacial score (nSPS) is 11.5. The molecule has 0 amide bonds. The van der Waals surface area contributed by atoms with Crippen molar-refractivity contribution in [3.8, 4) is 44.5 Å². The van der Waals surface area contributed by atoms with Crippen molar-refractivity contribution in [1.29, 1.82) is 0 Å². The molecule has 0 atom stereocenters. The van der Waals surface area contributed by atoms with Crippen LogP contribution in [0.1, 0.15) is 0 Å². The quantitative estimate of drug-likeness (QED) is 0.181. The second-order valence-corrected chi connectivity index (χ2v) is 12.1. The van der Waals surface area contributed by atoms with Crippen LogP contribution in [0.3, 0.4) is 0 Å². The third-order valence-corrected chi connectivity index (χ3v) is 9.45. The van der Waals surface area contributed by atoms with Crippen LogP contribution in [0.4, 0.5) is 0 Å². The zero-order valence-electron chi connectivity index (χ0n) is 25.3. The average molecular weight is 583 g/mol. The van der Waals surface area contributed by atoms with E-state index in [0.29, 0.717) is 0 Å². The Morgan fingerprint density at radius 3 is 1.28 bits per heavy atom. The maximum Gasteiger partial charge on any atom is -0.00201 e. The highest BCUT2D eigenvalue weighted by Gasteiger charge is 2.18. The molecule has 46 heavy (non-hydrogen) atoms. The van der Waals surface area contributed by atoms with Gasteiger partial charge in [0.1, 0.15) is 0 Å². The Labute approximate surface area is 268 Å². The fourth-order valence-corrected chi connectivity index (χ4v) is 7.33. The van der Waals surface area contributed by atoms with E-state index in [1.165, 1.54) is 87.6 Å². The first-order valence-corrected chi connectivity index (χ1v) is 15.9. The van der Waals surface area contributed by atoms with Crippen molar-refractivity contribution >= 4 is 43.1 Å². The van der Waals surface area contributed by atoms with Crippen LogP contribution in [0.25, 0.3) is 87.6 Å². The van der Waals surface area contributed by atoms with Crippen LogP contribution in [0.15, 0.2) is 182 Å². The van der Waals surface area contributed by atoms with Gasteiger partial charge in [0.05, 0.1) is 0 Å². The largest absolute Gasteiger partial charge is 0.0622 e. The van der Waals surface area contributed by atoms with Gasteiger partial charge in [-0.3, -0.25) is 0 Å². The monoisotopic (exact) mass is 582 g/mol. The van der Waals surface area contributed by atoms with Crippen LogP contribution >= 0.6 is 0 Å². The van der Waals surface area contributed by atoms with E-state index < -0.39 is 0 Å². The van der Waals surface area contributed by atoms with Gasteiger partial charge >= 0.3 is 0 Å². The molecule has 0 saturated carbocycles. The number of rotatable bonds is 4. The summed E-state index contributed by atoms with van der Waals surface area (Å²) in [6.45, 7) is 0. The standard InChI is InChI=1S/C46H30/c1-3-13-31(14-4-1)35-27-25-34-18-12-24-42(44(34)29-35)46-40-21-9-7-19-38(40)45(39-20-8-10-22-41(39)46)36-28-26-33-17-11-23-37(43(33)30-36)32-15-5-2-6-16-32/h1-30H. The highest BCUT2D eigenvalue weighted by atomic mass is 14.2. The summed E-state index contributed by atoms with van der Waals surface area (Å²) in [5, 5.41) is 10.1. The van der Waals surface area contributed by atoms with Crippen LogP contribution < -0.4 is 0 Å². The molecule has 0 fully saturated rings. The first-order valence-electron chi connectivity index (χ1n) is 15.9. The molecule has 0 bridgehead atoms. The smallest absolute Gasteiger partial charge is 0.00201 e. The van der Waals surface area contributed by atoms with E-state index in [1.807, 2.05) is 0 Å². The van der Waals surface area contributed by atoms with Gasteiger partial charge in [-0.05, 0) is 99.7 Å².